The van der Waals surface area contributed by atoms with E-state index in [1.807, 2.05) is 0 Å². The summed E-state index contributed by atoms with van der Waals surface area (Å²) in [6.07, 6.45) is 4.51. The fourth-order valence-corrected chi connectivity index (χ4v) is 1.34. The van der Waals surface area contributed by atoms with Crippen LogP contribution in [0.15, 0.2) is 12.4 Å². The average Bonchev–Trinajstić information content (AvgIpc) is 2.20. The predicted molar refractivity (Wildman–Crippen MR) is 57.7 cm³/mol. The number of nitrogen functional groups attached to an aromatic ring is 1. The topological polar surface area (TPSA) is 55.0 Å². The molecule has 0 amide bonds. The van der Waals surface area contributed by atoms with Crippen molar-refractivity contribution in [2.45, 2.75) is 26.8 Å². The molecule has 0 saturated heterocycles. The second-order valence-corrected chi connectivity index (χ2v) is 3.30. The summed E-state index contributed by atoms with van der Waals surface area (Å²) in [4.78, 5) is 10.6. The first-order valence-corrected chi connectivity index (χ1v) is 5.05. The summed E-state index contributed by atoms with van der Waals surface area (Å²) in [6.45, 7) is 7.33. The summed E-state index contributed by atoms with van der Waals surface area (Å²) in [5, 5.41) is 0. The van der Waals surface area contributed by atoms with E-state index in [0.29, 0.717) is 5.82 Å². The molecule has 0 bridgehead atoms. The van der Waals surface area contributed by atoms with E-state index in [9.17, 15) is 0 Å². The van der Waals surface area contributed by atoms with Gasteiger partial charge in [0.15, 0.2) is 0 Å². The van der Waals surface area contributed by atoms with Crippen molar-refractivity contribution in [1.82, 2.24) is 14.9 Å². The van der Waals surface area contributed by atoms with Crippen molar-refractivity contribution in [2.24, 2.45) is 0 Å². The Balaban J connectivity index is 2.53. The summed E-state index contributed by atoms with van der Waals surface area (Å²) < 4.78 is 0. The van der Waals surface area contributed by atoms with Gasteiger partial charge in [0.05, 0.1) is 18.1 Å². The van der Waals surface area contributed by atoms with Crippen molar-refractivity contribution in [3.63, 3.8) is 0 Å². The molecule has 4 nitrogen and oxygen atoms in total. The molecule has 0 radical (unpaired) electrons. The van der Waals surface area contributed by atoms with Crippen LogP contribution in [0.2, 0.25) is 0 Å². The van der Waals surface area contributed by atoms with Crippen molar-refractivity contribution in [3.05, 3.63) is 18.1 Å². The molecule has 1 aromatic rings. The molecule has 0 atom stereocenters. The van der Waals surface area contributed by atoms with Crippen molar-refractivity contribution < 1.29 is 0 Å². The smallest absolute Gasteiger partial charge is 0.141 e. The van der Waals surface area contributed by atoms with Crippen LogP contribution in [0.3, 0.4) is 0 Å². The highest BCUT2D eigenvalue weighted by Crippen LogP contribution is 2.02. The highest BCUT2D eigenvalue weighted by molar-refractivity contribution is 5.22. The van der Waals surface area contributed by atoms with Gasteiger partial charge in [-0.25, -0.2) is 4.98 Å². The standard InChI is InChI=1S/C10H18N4/c1-3-5-14(4-2)8-9-6-13-10(11)7-12-9/h6-7H,3-5,8H2,1-2H3,(H2,11,13). The molecule has 1 rings (SSSR count). The molecule has 1 heterocycles. The Labute approximate surface area is 85.2 Å². The zero-order valence-electron chi connectivity index (χ0n) is 8.90. The lowest BCUT2D eigenvalue weighted by Crippen LogP contribution is -2.24. The summed E-state index contributed by atoms with van der Waals surface area (Å²) in [7, 11) is 0. The van der Waals surface area contributed by atoms with Gasteiger partial charge in [-0.1, -0.05) is 13.8 Å². The van der Waals surface area contributed by atoms with E-state index in [2.05, 4.69) is 28.7 Å². The quantitative estimate of drug-likeness (QED) is 0.767. The maximum atomic E-state index is 5.46. The first-order valence-electron chi connectivity index (χ1n) is 5.05. The summed E-state index contributed by atoms with van der Waals surface area (Å²) in [5.41, 5.74) is 6.44. The van der Waals surface area contributed by atoms with Crippen LogP contribution in [-0.2, 0) is 6.54 Å². The van der Waals surface area contributed by atoms with E-state index in [1.165, 1.54) is 0 Å². The van der Waals surface area contributed by atoms with Crippen molar-refractivity contribution in [1.29, 1.82) is 0 Å². The molecule has 0 aliphatic heterocycles. The van der Waals surface area contributed by atoms with Crippen LogP contribution in [0, 0.1) is 0 Å². The van der Waals surface area contributed by atoms with E-state index >= 15 is 0 Å². The zero-order valence-corrected chi connectivity index (χ0v) is 8.90. The number of rotatable bonds is 5. The van der Waals surface area contributed by atoms with Crippen molar-refractivity contribution in [3.8, 4) is 0 Å². The van der Waals surface area contributed by atoms with Gasteiger partial charge in [0.1, 0.15) is 5.82 Å². The number of hydrogen-bond donors (Lipinski definition) is 1. The maximum Gasteiger partial charge on any atom is 0.141 e. The number of hydrogen-bond acceptors (Lipinski definition) is 4. The minimum Gasteiger partial charge on any atom is -0.382 e. The van der Waals surface area contributed by atoms with Gasteiger partial charge in [-0.05, 0) is 19.5 Å². The van der Waals surface area contributed by atoms with Gasteiger partial charge in [0, 0.05) is 6.54 Å². The molecule has 4 heteroatoms. The third kappa shape index (κ3) is 3.30. The van der Waals surface area contributed by atoms with Crippen LogP contribution >= 0.6 is 0 Å². The van der Waals surface area contributed by atoms with Gasteiger partial charge in [-0.15, -0.1) is 0 Å². The molecule has 0 aliphatic rings. The first-order chi connectivity index (χ1) is 6.76. The van der Waals surface area contributed by atoms with Gasteiger partial charge < -0.3 is 5.73 Å². The monoisotopic (exact) mass is 194 g/mol. The maximum absolute atomic E-state index is 5.46. The molecule has 0 unspecified atom stereocenters. The largest absolute Gasteiger partial charge is 0.382 e. The Bertz CT molecular complexity index is 257. The molecule has 2 N–H and O–H groups in total. The number of anilines is 1. The zero-order chi connectivity index (χ0) is 10.4. The molecular weight excluding hydrogens is 176 g/mol. The molecule has 0 aliphatic carbocycles. The van der Waals surface area contributed by atoms with Gasteiger partial charge in [0.2, 0.25) is 0 Å². The molecule has 1 aromatic heterocycles. The minimum atomic E-state index is 0.479. The van der Waals surface area contributed by atoms with Gasteiger partial charge in [-0.2, -0.15) is 0 Å². The molecule has 0 fully saturated rings. The molecule has 0 aromatic carbocycles. The lowest BCUT2D eigenvalue weighted by molar-refractivity contribution is 0.277. The molecule has 0 saturated carbocycles. The minimum absolute atomic E-state index is 0.479. The number of nitrogens with zero attached hydrogens (tertiary/aromatic N) is 3. The average molecular weight is 194 g/mol. The summed E-state index contributed by atoms with van der Waals surface area (Å²) in [5.74, 6) is 0.479. The van der Waals surface area contributed by atoms with Crippen LogP contribution in [0.1, 0.15) is 26.0 Å². The molecule has 0 spiro atoms. The highest BCUT2D eigenvalue weighted by atomic mass is 15.1. The van der Waals surface area contributed by atoms with Crippen molar-refractivity contribution in [2.75, 3.05) is 18.8 Å². The fourth-order valence-electron chi connectivity index (χ4n) is 1.34. The lowest BCUT2D eigenvalue weighted by atomic mass is 10.3. The van der Waals surface area contributed by atoms with Crippen molar-refractivity contribution >= 4 is 5.82 Å². The summed E-state index contributed by atoms with van der Waals surface area (Å²) >= 11 is 0. The van der Waals surface area contributed by atoms with Crippen LogP contribution in [0.25, 0.3) is 0 Å². The Kier molecular flexibility index (Phi) is 4.32. The first kappa shape index (κ1) is 10.9. The van der Waals surface area contributed by atoms with E-state index in [4.69, 9.17) is 5.73 Å². The van der Waals surface area contributed by atoms with Crippen LogP contribution in [0.4, 0.5) is 5.82 Å². The second-order valence-electron chi connectivity index (χ2n) is 3.30. The predicted octanol–water partition coefficient (Wildman–Crippen LogP) is 1.29. The van der Waals surface area contributed by atoms with E-state index < -0.39 is 0 Å². The third-order valence-corrected chi connectivity index (χ3v) is 2.10. The lowest BCUT2D eigenvalue weighted by Gasteiger charge is -2.18. The van der Waals surface area contributed by atoms with Gasteiger partial charge in [-0.3, -0.25) is 9.88 Å². The fraction of sp³-hybridized carbons (Fsp3) is 0.600. The number of aromatic nitrogens is 2. The van der Waals surface area contributed by atoms with E-state index in [0.717, 1.165) is 31.7 Å². The Hall–Kier alpha value is -1.16. The Morgan fingerprint density at radius 3 is 2.57 bits per heavy atom. The van der Waals surface area contributed by atoms with Crippen LogP contribution in [-0.4, -0.2) is 28.0 Å². The Morgan fingerprint density at radius 1 is 1.29 bits per heavy atom. The van der Waals surface area contributed by atoms with E-state index in [-0.39, 0.29) is 0 Å². The Morgan fingerprint density at radius 2 is 2.07 bits per heavy atom. The SMILES string of the molecule is CCCN(CC)Cc1cnc(N)cn1. The van der Waals surface area contributed by atoms with Crippen LogP contribution in [0.5, 0.6) is 0 Å². The normalized spacial score (nSPS) is 10.8. The summed E-state index contributed by atoms with van der Waals surface area (Å²) in [6, 6.07) is 0. The highest BCUT2D eigenvalue weighted by Gasteiger charge is 2.03. The second kappa shape index (κ2) is 5.54. The van der Waals surface area contributed by atoms with Gasteiger partial charge in [0.25, 0.3) is 0 Å². The van der Waals surface area contributed by atoms with Crippen LogP contribution < -0.4 is 5.73 Å². The molecule has 14 heavy (non-hydrogen) atoms. The molecule has 78 valence electrons. The molecular formula is C10H18N4. The van der Waals surface area contributed by atoms with E-state index in [1.54, 1.807) is 12.4 Å². The van der Waals surface area contributed by atoms with Gasteiger partial charge >= 0.3 is 0 Å². The third-order valence-electron chi connectivity index (χ3n) is 2.10. The number of nitrogens with two attached hydrogens (primary N) is 1.